The summed E-state index contributed by atoms with van der Waals surface area (Å²) < 4.78 is 10.6. The van der Waals surface area contributed by atoms with Crippen molar-refractivity contribution in [2.45, 2.75) is 38.6 Å². The average Bonchev–Trinajstić information content (AvgIpc) is 2.61. The van der Waals surface area contributed by atoms with E-state index in [1.165, 1.54) is 45.2 Å². The lowest BCUT2D eigenvalue weighted by Crippen LogP contribution is -3.12. The van der Waals surface area contributed by atoms with Gasteiger partial charge < -0.3 is 14.1 Å². The van der Waals surface area contributed by atoms with Gasteiger partial charge in [-0.3, -0.25) is 0 Å². The van der Waals surface area contributed by atoms with Crippen molar-refractivity contribution < 1.29 is 14.1 Å². The molecule has 2 aliphatic rings. The number of fused-ring (bicyclic) bond motifs is 2. The maximum Gasteiger partial charge on any atom is 0.336 e. The average molecular weight is 328 g/mol. The van der Waals surface area contributed by atoms with Crippen LogP contribution in [0.5, 0.6) is 5.75 Å². The van der Waals surface area contributed by atoms with Crippen LogP contribution in [0.3, 0.4) is 0 Å². The van der Waals surface area contributed by atoms with Crippen LogP contribution in [0, 0.1) is 11.8 Å². The minimum atomic E-state index is -0.266. The smallest absolute Gasteiger partial charge is 0.336 e. The molecule has 4 rings (SSSR count). The summed E-state index contributed by atoms with van der Waals surface area (Å²) in [6.07, 6.45) is 6.97. The molecule has 4 heteroatoms. The predicted molar refractivity (Wildman–Crippen MR) is 93.5 cm³/mol. The van der Waals surface area contributed by atoms with E-state index in [4.69, 9.17) is 9.15 Å². The van der Waals surface area contributed by atoms with Crippen LogP contribution < -0.4 is 15.3 Å². The molecule has 1 aliphatic carbocycles. The number of quaternary nitrogens is 1. The standard InChI is InChI=1S/C20H25NO3/c1-23-17-6-7-18-16(10-20(22)24-19(18)11-17)13-21-9-8-14-4-2-3-5-15(14)12-21/h6-7,10-11,14-15H,2-5,8-9,12-13H2,1H3/p+1/t14-,15+/m0/s1. The van der Waals surface area contributed by atoms with Gasteiger partial charge in [-0.1, -0.05) is 12.8 Å². The highest BCUT2D eigenvalue weighted by Crippen LogP contribution is 2.32. The van der Waals surface area contributed by atoms with E-state index in [0.717, 1.165) is 35.1 Å². The number of hydrogen-bond acceptors (Lipinski definition) is 3. The second kappa shape index (κ2) is 6.60. The second-order valence-corrected chi connectivity index (χ2v) is 7.43. The Balaban J connectivity index is 1.59. The van der Waals surface area contributed by atoms with E-state index in [9.17, 15) is 4.79 Å². The van der Waals surface area contributed by atoms with E-state index in [1.807, 2.05) is 18.2 Å². The molecule has 0 amide bonds. The minimum absolute atomic E-state index is 0.266. The lowest BCUT2D eigenvalue weighted by molar-refractivity contribution is -0.924. The van der Waals surface area contributed by atoms with E-state index in [2.05, 4.69) is 0 Å². The number of benzene rings is 1. The van der Waals surface area contributed by atoms with Crippen molar-refractivity contribution in [1.29, 1.82) is 0 Å². The number of methoxy groups -OCH3 is 1. The lowest BCUT2D eigenvalue weighted by atomic mass is 9.75. The molecule has 0 spiro atoms. The zero-order chi connectivity index (χ0) is 16.5. The van der Waals surface area contributed by atoms with Gasteiger partial charge in [0.05, 0.1) is 20.2 Å². The molecule has 2 heterocycles. The van der Waals surface area contributed by atoms with Crippen molar-refractivity contribution in [1.82, 2.24) is 0 Å². The summed E-state index contributed by atoms with van der Waals surface area (Å²) >= 11 is 0. The maximum atomic E-state index is 12.0. The SMILES string of the molecule is COc1ccc2c(C[NH+]3CC[C@@H]4CCCC[C@@H]4C3)cc(=O)oc2c1. The largest absolute Gasteiger partial charge is 0.497 e. The van der Waals surface area contributed by atoms with Gasteiger partial charge in [0.2, 0.25) is 0 Å². The quantitative estimate of drug-likeness (QED) is 0.880. The molecule has 1 unspecified atom stereocenters. The molecule has 24 heavy (non-hydrogen) atoms. The van der Waals surface area contributed by atoms with Crippen LogP contribution in [-0.4, -0.2) is 20.2 Å². The minimum Gasteiger partial charge on any atom is -0.497 e. The van der Waals surface area contributed by atoms with Gasteiger partial charge in [-0.2, -0.15) is 0 Å². The van der Waals surface area contributed by atoms with Gasteiger partial charge in [-0.05, 0) is 37.3 Å². The highest BCUT2D eigenvalue weighted by Gasteiger charge is 2.33. The first kappa shape index (κ1) is 15.7. The van der Waals surface area contributed by atoms with Gasteiger partial charge in [-0.15, -0.1) is 0 Å². The molecule has 0 radical (unpaired) electrons. The topological polar surface area (TPSA) is 43.9 Å². The molecule has 1 N–H and O–H groups in total. The number of rotatable bonds is 3. The Kier molecular flexibility index (Phi) is 4.31. The highest BCUT2D eigenvalue weighted by atomic mass is 16.5. The molecule has 1 aromatic heterocycles. The molecule has 1 saturated heterocycles. The van der Waals surface area contributed by atoms with Crippen molar-refractivity contribution in [2.24, 2.45) is 11.8 Å². The third kappa shape index (κ3) is 3.07. The molecule has 1 aliphatic heterocycles. The molecule has 2 aromatic rings. The Bertz CT molecular complexity index is 782. The molecule has 1 saturated carbocycles. The van der Waals surface area contributed by atoms with Crippen LogP contribution in [0.15, 0.2) is 33.5 Å². The monoisotopic (exact) mass is 328 g/mol. The fourth-order valence-corrected chi connectivity index (χ4v) is 4.71. The van der Waals surface area contributed by atoms with Gasteiger partial charge >= 0.3 is 5.63 Å². The number of nitrogens with one attached hydrogen (secondary N) is 1. The van der Waals surface area contributed by atoms with Crippen molar-refractivity contribution in [3.05, 3.63) is 40.2 Å². The third-order valence-corrected chi connectivity index (χ3v) is 5.96. The second-order valence-electron chi connectivity index (χ2n) is 7.43. The van der Waals surface area contributed by atoms with Gasteiger partial charge in [0, 0.05) is 29.0 Å². The first-order chi connectivity index (χ1) is 11.7. The third-order valence-electron chi connectivity index (χ3n) is 5.96. The zero-order valence-corrected chi connectivity index (χ0v) is 14.3. The summed E-state index contributed by atoms with van der Waals surface area (Å²) in [7, 11) is 1.63. The van der Waals surface area contributed by atoms with Crippen LogP contribution in [0.25, 0.3) is 11.0 Å². The Labute approximate surface area is 142 Å². The molecule has 4 nitrogen and oxygen atoms in total. The van der Waals surface area contributed by atoms with Gasteiger partial charge in [-0.25, -0.2) is 4.79 Å². The number of likely N-dealkylation sites (tertiary alicyclic amines) is 1. The molecule has 1 aromatic carbocycles. The first-order valence-corrected chi connectivity index (χ1v) is 9.17. The van der Waals surface area contributed by atoms with Crippen LogP contribution >= 0.6 is 0 Å². The molecule has 2 fully saturated rings. The Morgan fingerprint density at radius 3 is 2.83 bits per heavy atom. The summed E-state index contributed by atoms with van der Waals surface area (Å²) in [4.78, 5) is 13.6. The molecule has 128 valence electrons. The fourth-order valence-electron chi connectivity index (χ4n) is 4.71. The number of ether oxygens (including phenoxy) is 1. The summed E-state index contributed by atoms with van der Waals surface area (Å²) in [5.41, 5.74) is 1.47. The fraction of sp³-hybridized carbons (Fsp3) is 0.550. The van der Waals surface area contributed by atoms with Crippen molar-refractivity contribution in [3.63, 3.8) is 0 Å². The van der Waals surface area contributed by atoms with Gasteiger partial charge in [0.15, 0.2) is 0 Å². The summed E-state index contributed by atoms with van der Waals surface area (Å²) in [6.45, 7) is 3.39. The van der Waals surface area contributed by atoms with Gasteiger partial charge in [0.1, 0.15) is 17.9 Å². The zero-order valence-electron chi connectivity index (χ0n) is 14.3. The van der Waals surface area contributed by atoms with Crippen molar-refractivity contribution in [3.8, 4) is 5.75 Å². The van der Waals surface area contributed by atoms with Crippen LogP contribution in [0.2, 0.25) is 0 Å². The first-order valence-electron chi connectivity index (χ1n) is 9.17. The van der Waals surface area contributed by atoms with E-state index in [-0.39, 0.29) is 5.63 Å². The van der Waals surface area contributed by atoms with Gasteiger partial charge in [0.25, 0.3) is 0 Å². The normalized spacial score (nSPS) is 27.0. The molecule has 3 atom stereocenters. The van der Waals surface area contributed by atoms with E-state index < -0.39 is 0 Å². The summed E-state index contributed by atoms with van der Waals surface area (Å²) in [6, 6.07) is 7.44. The molecule has 0 bridgehead atoms. The Morgan fingerprint density at radius 2 is 2.00 bits per heavy atom. The molecular formula is C20H26NO3+. The lowest BCUT2D eigenvalue weighted by Gasteiger charge is -2.39. The highest BCUT2D eigenvalue weighted by molar-refractivity contribution is 5.81. The Morgan fingerprint density at radius 1 is 1.17 bits per heavy atom. The van der Waals surface area contributed by atoms with E-state index in [0.29, 0.717) is 5.58 Å². The molecular weight excluding hydrogens is 302 g/mol. The van der Waals surface area contributed by atoms with E-state index >= 15 is 0 Å². The van der Waals surface area contributed by atoms with Crippen LogP contribution in [0.4, 0.5) is 0 Å². The van der Waals surface area contributed by atoms with Crippen molar-refractivity contribution >= 4 is 11.0 Å². The Hall–Kier alpha value is -1.81. The van der Waals surface area contributed by atoms with E-state index in [1.54, 1.807) is 18.1 Å². The predicted octanol–water partition coefficient (Wildman–Crippen LogP) is 2.40. The van der Waals surface area contributed by atoms with Crippen LogP contribution in [-0.2, 0) is 6.54 Å². The number of hydrogen-bond donors (Lipinski definition) is 1. The van der Waals surface area contributed by atoms with Crippen molar-refractivity contribution in [2.75, 3.05) is 20.2 Å². The van der Waals surface area contributed by atoms with Crippen LogP contribution in [0.1, 0.15) is 37.7 Å². The maximum absolute atomic E-state index is 12.0. The number of piperidine rings is 1. The summed E-state index contributed by atoms with van der Waals surface area (Å²) in [5.74, 6) is 2.55. The summed E-state index contributed by atoms with van der Waals surface area (Å²) in [5, 5.41) is 1.04.